The Hall–Kier alpha value is -1.11. The Labute approximate surface area is 120 Å². The first-order chi connectivity index (χ1) is 9.37. The van der Waals surface area contributed by atoms with Crippen LogP contribution in [-0.2, 0) is 14.8 Å². The summed E-state index contributed by atoms with van der Waals surface area (Å²) < 4.78 is 32.2. The molecule has 1 aliphatic heterocycles. The number of aryl methyl sites for hydroxylation is 1. The van der Waals surface area contributed by atoms with Crippen LogP contribution in [0.1, 0.15) is 17.5 Å². The first-order valence-electron chi connectivity index (χ1n) is 6.72. The first-order valence-corrected chi connectivity index (χ1v) is 8.16. The minimum absolute atomic E-state index is 0.260. The summed E-state index contributed by atoms with van der Waals surface area (Å²) >= 11 is 0. The van der Waals surface area contributed by atoms with E-state index in [1.807, 2.05) is 13.0 Å². The third-order valence-electron chi connectivity index (χ3n) is 3.96. The fourth-order valence-corrected chi connectivity index (χ4v) is 4.59. The molecule has 1 aromatic rings. The van der Waals surface area contributed by atoms with Gasteiger partial charge in [-0.2, -0.15) is 4.31 Å². The number of rotatable bonds is 4. The second-order valence-electron chi connectivity index (χ2n) is 5.40. The van der Waals surface area contributed by atoms with Crippen molar-refractivity contribution in [2.75, 3.05) is 32.5 Å². The standard InChI is InChI=1S/C14H22N2O3S/c1-10-4-5-13(15)14(11(10)2)20(17,18)16-7-6-12(8-16)9-19-3/h4-5,12H,6-9,15H2,1-3H3. The number of hydrogen-bond donors (Lipinski definition) is 1. The molecule has 0 aromatic heterocycles. The molecule has 1 aliphatic rings. The molecule has 0 bridgehead atoms. The maximum absolute atomic E-state index is 12.8. The molecular weight excluding hydrogens is 276 g/mol. The lowest BCUT2D eigenvalue weighted by Crippen LogP contribution is -2.30. The van der Waals surface area contributed by atoms with Crippen LogP contribution in [0.5, 0.6) is 0 Å². The molecule has 1 heterocycles. The highest BCUT2D eigenvalue weighted by atomic mass is 32.2. The SMILES string of the molecule is COCC1CCN(S(=O)(=O)c2c(N)ccc(C)c2C)C1. The van der Waals surface area contributed by atoms with Gasteiger partial charge in [-0.1, -0.05) is 6.07 Å². The normalized spacial score (nSPS) is 20.4. The monoisotopic (exact) mass is 298 g/mol. The smallest absolute Gasteiger partial charge is 0.245 e. The van der Waals surface area contributed by atoms with E-state index < -0.39 is 10.0 Å². The molecule has 1 fully saturated rings. The topological polar surface area (TPSA) is 72.6 Å². The van der Waals surface area contributed by atoms with Crippen molar-refractivity contribution in [1.29, 1.82) is 0 Å². The van der Waals surface area contributed by atoms with E-state index in [0.29, 0.717) is 25.4 Å². The van der Waals surface area contributed by atoms with Crippen LogP contribution >= 0.6 is 0 Å². The van der Waals surface area contributed by atoms with E-state index in [1.54, 1.807) is 20.1 Å². The van der Waals surface area contributed by atoms with Gasteiger partial charge in [-0.05, 0) is 43.4 Å². The van der Waals surface area contributed by atoms with E-state index in [1.165, 1.54) is 4.31 Å². The Balaban J connectivity index is 2.35. The number of methoxy groups -OCH3 is 1. The lowest BCUT2D eigenvalue weighted by Gasteiger charge is -2.20. The summed E-state index contributed by atoms with van der Waals surface area (Å²) in [6.45, 7) is 5.33. The minimum Gasteiger partial charge on any atom is -0.398 e. The molecule has 1 aromatic carbocycles. The summed E-state index contributed by atoms with van der Waals surface area (Å²) in [5.41, 5.74) is 7.90. The second-order valence-corrected chi connectivity index (χ2v) is 7.27. The van der Waals surface area contributed by atoms with Crippen LogP contribution in [-0.4, -0.2) is 39.5 Å². The summed E-state index contributed by atoms with van der Waals surface area (Å²) in [4.78, 5) is 0.260. The lowest BCUT2D eigenvalue weighted by atomic mass is 10.1. The quantitative estimate of drug-likeness (QED) is 0.856. The van der Waals surface area contributed by atoms with Gasteiger partial charge in [-0.15, -0.1) is 0 Å². The van der Waals surface area contributed by atoms with E-state index in [-0.39, 0.29) is 10.8 Å². The lowest BCUT2D eigenvalue weighted by molar-refractivity contribution is 0.157. The molecule has 1 atom stereocenters. The van der Waals surface area contributed by atoms with Gasteiger partial charge >= 0.3 is 0 Å². The molecule has 5 nitrogen and oxygen atoms in total. The predicted octanol–water partition coefficient (Wildman–Crippen LogP) is 1.54. The summed E-state index contributed by atoms with van der Waals surface area (Å²) in [6, 6.07) is 3.51. The van der Waals surface area contributed by atoms with Gasteiger partial charge in [0, 0.05) is 20.2 Å². The number of nitrogens with two attached hydrogens (primary N) is 1. The van der Waals surface area contributed by atoms with Gasteiger partial charge in [0.2, 0.25) is 10.0 Å². The fourth-order valence-electron chi connectivity index (χ4n) is 2.67. The third kappa shape index (κ3) is 2.68. The molecule has 2 N–H and O–H groups in total. The molecule has 0 spiro atoms. The zero-order chi connectivity index (χ0) is 14.9. The first kappa shape index (κ1) is 15.3. The molecule has 1 saturated heterocycles. The molecule has 0 aliphatic carbocycles. The molecule has 0 amide bonds. The van der Waals surface area contributed by atoms with Crippen LogP contribution in [0.4, 0.5) is 5.69 Å². The molecule has 2 rings (SSSR count). The van der Waals surface area contributed by atoms with Crippen LogP contribution in [0, 0.1) is 19.8 Å². The maximum atomic E-state index is 12.8. The van der Waals surface area contributed by atoms with Crippen LogP contribution in [0.3, 0.4) is 0 Å². The Morgan fingerprint density at radius 1 is 1.40 bits per heavy atom. The number of sulfonamides is 1. The highest BCUT2D eigenvalue weighted by Crippen LogP contribution is 2.31. The van der Waals surface area contributed by atoms with E-state index in [9.17, 15) is 8.42 Å². The zero-order valence-corrected chi connectivity index (χ0v) is 13.0. The maximum Gasteiger partial charge on any atom is 0.245 e. The van der Waals surface area contributed by atoms with Crippen molar-refractivity contribution in [3.8, 4) is 0 Å². The molecule has 112 valence electrons. The van der Waals surface area contributed by atoms with Crippen molar-refractivity contribution in [1.82, 2.24) is 4.31 Å². The van der Waals surface area contributed by atoms with Crippen molar-refractivity contribution in [3.63, 3.8) is 0 Å². The van der Waals surface area contributed by atoms with Gasteiger partial charge in [0.1, 0.15) is 4.90 Å². The number of anilines is 1. The van der Waals surface area contributed by atoms with Crippen molar-refractivity contribution in [2.45, 2.75) is 25.2 Å². The number of ether oxygens (including phenoxy) is 1. The van der Waals surface area contributed by atoms with Gasteiger partial charge < -0.3 is 10.5 Å². The fraction of sp³-hybridized carbons (Fsp3) is 0.571. The van der Waals surface area contributed by atoms with Crippen LogP contribution in [0.25, 0.3) is 0 Å². The van der Waals surface area contributed by atoms with Gasteiger partial charge in [0.05, 0.1) is 12.3 Å². The second kappa shape index (κ2) is 5.71. The van der Waals surface area contributed by atoms with Crippen molar-refractivity contribution >= 4 is 15.7 Å². The molecular formula is C14H22N2O3S. The summed E-state index contributed by atoms with van der Waals surface area (Å²) in [5.74, 6) is 0.265. The Morgan fingerprint density at radius 2 is 2.10 bits per heavy atom. The summed E-state index contributed by atoms with van der Waals surface area (Å²) in [5, 5.41) is 0. The van der Waals surface area contributed by atoms with Crippen molar-refractivity contribution in [2.24, 2.45) is 5.92 Å². The van der Waals surface area contributed by atoms with Crippen molar-refractivity contribution in [3.05, 3.63) is 23.3 Å². The summed E-state index contributed by atoms with van der Waals surface area (Å²) in [6.07, 6.45) is 0.831. The largest absolute Gasteiger partial charge is 0.398 e. The Morgan fingerprint density at radius 3 is 2.75 bits per heavy atom. The molecule has 0 radical (unpaired) electrons. The molecule has 1 unspecified atom stereocenters. The van der Waals surface area contributed by atoms with Gasteiger partial charge in [-0.3, -0.25) is 0 Å². The Kier molecular flexibility index (Phi) is 4.36. The number of nitrogens with zero attached hydrogens (tertiary/aromatic N) is 1. The van der Waals surface area contributed by atoms with Crippen LogP contribution < -0.4 is 5.73 Å². The van der Waals surface area contributed by atoms with E-state index in [0.717, 1.165) is 17.5 Å². The average Bonchev–Trinajstić information content (AvgIpc) is 2.84. The molecule has 20 heavy (non-hydrogen) atoms. The average molecular weight is 298 g/mol. The number of benzene rings is 1. The van der Waals surface area contributed by atoms with E-state index in [4.69, 9.17) is 10.5 Å². The molecule has 6 heteroatoms. The van der Waals surface area contributed by atoms with Gasteiger partial charge in [0.25, 0.3) is 0 Å². The number of nitrogen functional groups attached to an aromatic ring is 1. The number of hydrogen-bond acceptors (Lipinski definition) is 4. The van der Waals surface area contributed by atoms with Gasteiger partial charge in [-0.25, -0.2) is 8.42 Å². The van der Waals surface area contributed by atoms with E-state index >= 15 is 0 Å². The Bertz CT molecular complexity index is 599. The van der Waals surface area contributed by atoms with Gasteiger partial charge in [0.15, 0.2) is 0 Å². The zero-order valence-electron chi connectivity index (χ0n) is 12.2. The highest BCUT2D eigenvalue weighted by Gasteiger charge is 2.34. The third-order valence-corrected chi connectivity index (χ3v) is 6.03. The van der Waals surface area contributed by atoms with Crippen LogP contribution in [0.15, 0.2) is 17.0 Å². The minimum atomic E-state index is -3.52. The van der Waals surface area contributed by atoms with E-state index in [2.05, 4.69) is 0 Å². The molecule has 0 saturated carbocycles. The predicted molar refractivity (Wildman–Crippen MR) is 79.1 cm³/mol. The van der Waals surface area contributed by atoms with Crippen LogP contribution in [0.2, 0.25) is 0 Å². The van der Waals surface area contributed by atoms with Crippen molar-refractivity contribution < 1.29 is 13.2 Å². The summed E-state index contributed by atoms with van der Waals surface area (Å²) in [7, 11) is -1.88. The highest BCUT2D eigenvalue weighted by molar-refractivity contribution is 7.89.